The molecule has 0 aliphatic heterocycles. The minimum atomic E-state index is 0.444. The van der Waals surface area contributed by atoms with Gasteiger partial charge in [-0.1, -0.05) is 32.0 Å². The molecule has 21 heavy (non-hydrogen) atoms. The van der Waals surface area contributed by atoms with Crippen LogP contribution in [-0.2, 0) is 20.1 Å². The summed E-state index contributed by atoms with van der Waals surface area (Å²) in [6, 6.07) is 8.49. The van der Waals surface area contributed by atoms with Crippen LogP contribution in [0.5, 0.6) is 0 Å². The summed E-state index contributed by atoms with van der Waals surface area (Å²) < 4.78 is 1.90. The highest BCUT2D eigenvalue weighted by molar-refractivity contribution is 5.51. The molecule has 4 heteroatoms. The van der Waals surface area contributed by atoms with Crippen LogP contribution in [0.2, 0.25) is 0 Å². The molecule has 0 aliphatic carbocycles. The quantitative estimate of drug-likeness (QED) is 0.885. The molecule has 2 aromatic rings. The van der Waals surface area contributed by atoms with Crippen molar-refractivity contribution in [3.05, 3.63) is 47.3 Å². The average Bonchev–Trinajstić information content (AvgIpc) is 2.78. The van der Waals surface area contributed by atoms with Crippen molar-refractivity contribution in [1.82, 2.24) is 14.7 Å². The Morgan fingerprint density at radius 2 is 1.90 bits per heavy atom. The molecule has 4 nitrogen and oxygen atoms in total. The van der Waals surface area contributed by atoms with Gasteiger partial charge >= 0.3 is 0 Å². The van der Waals surface area contributed by atoms with Crippen molar-refractivity contribution in [2.24, 2.45) is 7.05 Å². The largest absolute Gasteiger partial charge is 0.381 e. The van der Waals surface area contributed by atoms with E-state index >= 15 is 0 Å². The summed E-state index contributed by atoms with van der Waals surface area (Å²) in [7, 11) is 6.17. The molecule has 0 atom stereocenters. The molecule has 0 spiro atoms. The van der Waals surface area contributed by atoms with E-state index in [1.54, 1.807) is 0 Å². The summed E-state index contributed by atoms with van der Waals surface area (Å²) in [5.41, 5.74) is 4.96. The van der Waals surface area contributed by atoms with Crippen molar-refractivity contribution in [3.63, 3.8) is 0 Å². The molecule has 0 amide bonds. The second-order valence-electron chi connectivity index (χ2n) is 6.12. The fraction of sp³-hybridized carbons (Fsp3) is 0.471. The molecule has 1 N–H and O–H groups in total. The summed E-state index contributed by atoms with van der Waals surface area (Å²) in [6.45, 7) is 6.12. The summed E-state index contributed by atoms with van der Waals surface area (Å²) in [5.74, 6) is 0.444. The second-order valence-corrected chi connectivity index (χ2v) is 6.12. The van der Waals surface area contributed by atoms with Crippen LogP contribution in [0.1, 0.15) is 36.6 Å². The van der Waals surface area contributed by atoms with Crippen LogP contribution >= 0.6 is 0 Å². The average molecular weight is 286 g/mol. The first-order valence-corrected chi connectivity index (χ1v) is 7.46. The Morgan fingerprint density at radius 1 is 1.19 bits per heavy atom. The lowest BCUT2D eigenvalue weighted by molar-refractivity contribution is 0.403. The van der Waals surface area contributed by atoms with Crippen LogP contribution in [-0.4, -0.2) is 28.8 Å². The number of aromatic nitrogens is 2. The molecule has 0 saturated carbocycles. The minimum Gasteiger partial charge on any atom is -0.381 e. The van der Waals surface area contributed by atoms with Gasteiger partial charge in [0.2, 0.25) is 0 Å². The first-order chi connectivity index (χ1) is 9.97. The van der Waals surface area contributed by atoms with E-state index in [0.717, 1.165) is 13.1 Å². The molecule has 1 heterocycles. The van der Waals surface area contributed by atoms with Gasteiger partial charge < -0.3 is 10.2 Å². The fourth-order valence-corrected chi connectivity index (χ4v) is 2.54. The van der Waals surface area contributed by atoms with Gasteiger partial charge in [-0.15, -0.1) is 0 Å². The zero-order valence-corrected chi connectivity index (χ0v) is 13.7. The van der Waals surface area contributed by atoms with Gasteiger partial charge in [-0.3, -0.25) is 4.68 Å². The summed E-state index contributed by atoms with van der Waals surface area (Å²) >= 11 is 0. The SMILES string of the molecule is CC(C)c1nn(C)cc1CNc1ccccc1CN(C)C. The predicted molar refractivity (Wildman–Crippen MR) is 88.5 cm³/mol. The maximum Gasteiger partial charge on any atom is 0.0699 e. The van der Waals surface area contributed by atoms with Gasteiger partial charge in [0.1, 0.15) is 0 Å². The van der Waals surface area contributed by atoms with Crippen molar-refractivity contribution in [2.45, 2.75) is 32.9 Å². The van der Waals surface area contributed by atoms with Crippen LogP contribution in [0.15, 0.2) is 30.5 Å². The van der Waals surface area contributed by atoms with E-state index in [4.69, 9.17) is 0 Å². The lowest BCUT2D eigenvalue weighted by Gasteiger charge is -2.15. The van der Waals surface area contributed by atoms with Gasteiger partial charge in [0, 0.05) is 37.6 Å². The number of nitrogens with one attached hydrogen (secondary N) is 1. The highest BCUT2D eigenvalue weighted by atomic mass is 15.3. The molecule has 0 aliphatic rings. The number of nitrogens with zero attached hydrogens (tertiary/aromatic N) is 3. The molecular formula is C17H26N4. The normalized spacial score (nSPS) is 11.4. The third-order valence-corrected chi connectivity index (χ3v) is 3.46. The van der Waals surface area contributed by atoms with Crippen molar-refractivity contribution >= 4 is 5.69 Å². The Balaban J connectivity index is 2.13. The van der Waals surface area contributed by atoms with E-state index in [2.05, 4.69) is 73.7 Å². The predicted octanol–water partition coefficient (Wildman–Crippen LogP) is 3.22. The van der Waals surface area contributed by atoms with Crippen molar-refractivity contribution < 1.29 is 0 Å². The lowest BCUT2D eigenvalue weighted by Crippen LogP contribution is -2.13. The zero-order chi connectivity index (χ0) is 15.4. The number of hydrogen-bond donors (Lipinski definition) is 1. The number of aryl methyl sites for hydroxylation is 1. The zero-order valence-electron chi connectivity index (χ0n) is 13.7. The first kappa shape index (κ1) is 15.6. The van der Waals surface area contributed by atoms with E-state index < -0.39 is 0 Å². The first-order valence-electron chi connectivity index (χ1n) is 7.46. The van der Waals surface area contributed by atoms with Crippen LogP contribution in [0.3, 0.4) is 0 Å². The van der Waals surface area contributed by atoms with Gasteiger partial charge in [0.15, 0.2) is 0 Å². The van der Waals surface area contributed by atoms with Crippen molar-refractivity contribution in [3.8, 4) is 0 Å². The molecule has 0 unspecified atom stereocenters. The van der Waals surface area contributed by atoms with Crippen molar-refractivity contribution in [2.75, 3.05) is 19.4 Å². The van der Waals surface area contributed by atoms with E-state index in [1.807, 2.05) is 11.7 Å². The Kier molecular flexibility index (Phi) is 5.02. The Morgan fingerprint density at radius 3 is 2.57 bits per heavy atom. The highest BCUT2D eigenvalue weighted by Crippen LogP contribution is 2.21. The third-order valence-electron chi connectivity index (χ3n) is 3.46. The van der Waals surface area contributed by atoms with Gasteiger partial charge in [0.25, 0.3) is 0 Å². The van der Waals surface area contributed by atoms with Gasteiger partial charge in [0.05, 0.1) is 5.69 Å². The summed E-state index contributed by atoms with van der Waals surface area (Å²) in [6.07, 6.45) is 2.11. The van der Waals surface area contributed by atoms with Gasteiger partial charge in [-0.05, 0) is 31.6 Å². The van der Waals surface area contributed by atoms with Gasteiger partial charge in [-0.25, -0.2) is 0 Å². The van der Waals surface area contributed by atoms with Gasteiger partial charge in [-0.2, -0.15) is 5.10 Å². The monoisotopic (exact) mass is 286 g/mol. The highest BCUT2D eigenvalue weighted by Gasteiger charge is 2.11. The van der Waals surface area contributed by atoms with E-state index in [9.17, 15) is 0 Å². The van der Waals surface area contributed by atoms with Crippen LogP contribution in [0.4, 0.5) is 5.69 Å². The standard InChI is InChI=1S/C17H26N4/c1-13(2)17-15(12-21(5)19-17)10-18-16-9-7-6-8-14(16)11-20(3)4/h6-9,12-13,18H,10-11H2,1-5H3. The van der Waals surface area contributed by atoms with Crippen molar-refractivity contribution in [1.29, 1.82) is 0 Å². The Labute approximate surface area is 127 Å². The van der Waals surface area contributed by atoms with Crippen LogP contribution in [0.25, 0.3) is 0 Å². The number of rotatable bonds is 6. The third kappa shape index (κ3) is 4.08. The fourth-order valence-electron chi connectivity index (χ4n) is 2.54. The Bertz CT molecular complexity index is 584. The molecule has 0 fully saturated rings. The van der Waals surface area contributed by atoms with Crippen LogP contribution < -0.4 is 5.32 Å². The Hall–Kier alpha value is -1.81. The maximum atomic E-state index is 4.56. The molecule has 2 rings (SSSR count). The minimum absolute atomic E-state index is 0.444. The van der Waals surface area contributed by atoms with E-state index in [1.165, 1.54) is 22.5 Å². The molecule has 1 aromatic heterocycles. The maximum absolute atomic E-state index is 4.56. The number of para-hydroxylation sites is 1. The van der Waals surface area contributed by atoms with E-state index in [-0.39, 0.29) is 0 Å². The molecule has 114 valence electrons. The molecule has 0 bridgehead atoms. The molecule has 1 aromatic carbocycles. The second kappa shape index (κ2) is 6.76. The molecule has 0 saturated heterocycles. The molecule has 0 radical (unpaired) electrons. The smallest absolute Gasteiger partial charge is 0.0699 e. The number of benzene rings is 1. The number of anilines is 1. The summed E-state index contributed by atoms with van der Waals surface area (Å²) in [5, 5.41) is 8.13. The lowest BCUT2D eigenvalue weighted by atomic mass is 10.1. The summed E-state index contributed by atoms with van der Waals surface area (Å²) in [4.78, 5) is 2.18. The number of hydrogen-bond acceptors (Lipinski definition) is 3. The topological polar surface area (TPSA) is 33.1 Å². The molecular weight excluding hydrogens is 260 g/mol. The van der Waals surface area contributed by atoms with E-state index in [0.29, 0.717) is 5.92 Å². The van der Waals surface area contributed by atoms with Crippen LogP contribution in [0, 0.1) is 0 Å².